The molecule has 1 amide bonds. The molecule has 1 saturated heterocycles. The molecular weight excluding hydrogens is 423 g/mol. The van der Waals surface area contributed by atoms with Crippen LogP contribution in [0, 0.1) is 5.82 Å². The molecule has 2 aliphatic heterocycles. The Morgan fingerprint density at radius 3 is 2.65 bits per heavy atom. The van der Waals surface area contributed by atoms with E-state index in [1.54, 1.807) is 30.3 Å². The van der Waals surface area contributed by atoms with Gasteiger partial charge in [-0.3, -0.25) is 9.69 Å². The van der Waals surface area contributed by atoms with Gasteiger partial charge in [-0.1, -0.05) is 23.7 Å². The van der Waals surface area contributed by atoms with Crippen LogP contribution in [0.1, 0.15) is 17.2 Å². The number of amides is 1. The SMILES string of the molecule is O=C(C=Cc1cc(Cl)c2c(c1)OCCO2)NCC(c1ccc(F)cc1)N1CCOCC1. The Morgan fingerprint density at radius 2 is 1.87 bits per heavy atom. The maximum atomic E-state index is 13.4. The van der Waals surface area contributed by atoms with Gasteiger partial charge in [-0.25, -0.2) is 4.39 Å². The molecule has 0 spiro atoms. The van der Waals surface area contributed by atoms with Crippen molar-refractivity contribution in [1.82, 2.24) is 10.2 Å². The summed E-state index contributed by atoms with van der Waals surface area (Å²) in [6, 6.07) is 9.86. The van der Waals surface area contributed by atoms with Crippen LogP contribution < -0.4 is 14.8 Å². The van der Waals surface area contributed by atoms with Gasteiger partial charge >= 0.3 is 0 Å². The largest absolute Gasteiger partial charge is 0.486 e. The average molecular weight is 447 g/mol. The smallest absolute Gasteiger partial charge is 0.244 e. The fraction of sp³-hybridized carbons (Fsp3) is 0.348. The van der Waals surface area contributed by atoms with E-state index in [1.165, 1.54) is 18.2 Å². The molecular formula is C23H24ClFN2O4. The topological polar surface area (TPSA) is 60.0 Å². The fourth-order valence-corrected chi connectivity index (χ4v) is 3.96. The zero-order chi connectivity index (χ0) is 21.6. The first-order valence-electron chi connectivity index (χ1n) is 10.2. The van der Waals surface area contributed by atoms with Gasteiger partial charge in [0.05, 0.1) is 24.3 Å². The summed E-state index contributed by atoms with van der Waals surface area (Å²) in [5.74, 6) is 0.589. The van der Waals surface area contributed by atoms with E-state index in [0.717, 1.165) is 24.2 Å². The number of carbonyl (C=O) groups excluding carboxylic acids is 1. The van der Waals surface area contributed by atoms with Crippen LogP contribution in [-0.2, 0) is 9.53 Å². The Labute approximate surface area is 185 Å². The molecule has 0 bridgehead atoms. The lowest BCUT2D eigenvalue weighted by molar-refractivity contribution is -0.116. The molecule has 2 aliphatic rings. The lowest BCUT2D eigenvalue weighted by atomic mass is 10.0. The molecule has 4 rings (SSSR count). The highest BCUT2D eigenvalue weighted by Gasteiger charge is 2.23. The second-order valence-corrected chi connectivity index (χ2v) is 7.73. The third-order valence-corrected chi connectivity index (χ3v) is 5.54. The Bertz CT molecular complexity index is 945. The summed E-state index contributed by atoms with van der Waals surface area (Å²) in [4.78, 5) is 14.7. The number of halogens is 2. The number of nitrogens with one attached hydrogen (secondary N) is 1. The van der Waals surface area contributed by atoms with Gasteiger partial charge in [0.25, 0.3) is 0 Å². The molecule has 2 aromatic rings. The number of fused-ring (bicyclic) bond motifs is 1. The molecule has 1 unspecified atom stereocenters. The molecule has 8 heteroatoms. The van der Waals surface area contributed by atoms with Crippen LogP contribution in [0.25, 0.3) is 6.08 Å². The number of ether oxygens (including phenoxy) is 3. The van der Waals surface area contributed by atoms with Crippen LogP contribution in [-0.4, -0.2) is 56.9 Å². The number of morpholine rings is 1. The van der Waals surface area contributed by atoms with Gasteiger partial charge in [0.2, 0.25) is 5.91 Å². The maximum Gasteiger partial charge on any atom is 0.244 e. The lowest BCUT2D eigenvalue weighted by Gasteiger charge is -2.34. The van der Waals surface area contributed by atoms with Crippen molar-refractivity contribution in [3.63, 3.8) is 0 Å². The first kappa shape index (κ1) is 21.6. The van der Waals surface area contributed by atoms with Gasteiger partial charge in [-0.15, -0.1) is 0 Å². The van der Waals surface area contributed by atoms with Crippen LogP contribution in [0.3, 0.4) is 0 Å². The highest BCUT2D eigenvalue weighted by molar-refractivity contribution is 6.32. The Morgan fingerprint density at radius 1 is 1.13 bits per heavy atom. The first-order chi connectivity index (χ1) is 15.1. The summed E-state index contributed by atoms with van der Waals surface area (Å²) < 4.78 is 29.9. The molecule has 0 aliphatic carbocycles. The first-order valence-corrected chi connectivity index (χ1v) is 10.6. The van der Waals surface area contributed by atoms with Crippen molar-refractivity contribution in [3.05, 3.63) is 64.4 Å². The van der Waals surface area contributed by atoms with E-state index < -0.39 is 0 Å². The van der Waals surface area contributed by atoms with Crippen molar-refractivity contribution in [2.45, 2.75) is 6.04 Å². The van der Waals surface area contributed by atoms with Crippen LogP contribution in [0.15, 0.2) is 42.5 Å². The minimum atomic E-state index is -0.283. The van der Waals surface area contributed by atoms with Crippen LogP contribution in [0.2, 0.25) is 5.02 Å². The summed E-state index contributed by atoms with van der Waals surface area (Å²) in [6.07, 6.45) is 3.14. The van der Waals surface area contributed by atoms with Gasteiger partial charge in [0, 0.05) is 25.7 Å². The fourth-order valence-electron chi connectivity index (χ4n) is 3.69. The normalized spacial score (nSPS) is 17.5. The quantitative estimate of drug-likeness (QED) is 0.689. The average Bonchev–Trinajstić information content (AvgIpc) is 2.80. The minimum Gasteiger partial charge on any atom is -0.486 e. The molecule has 31 heavy (non-hydrogen) atoms. The summed E-state index contributed by atoms with van der Waals surface area (Å²) in [6.45, 7) is 4.10. The summed E-state index contributed by atoms with van der Waals surface area (Å²) in [7, 11) is 0. The number of carbonyl (C=O) groups is 1. The predicted octanol–water partition coefficient (Wildman–Crippen LogP) is 3.45. The van der Waals surface area contributed by atoms with E-state index in [0.29, 0.717) is 49.5 Å². The van der Waals surface area contributed by atoms with E-state index >= 15 is 0 Å². The number of rotatable bonds is 6. The van der Waals surface area contributed by atoms with Gasteiger partial charge < -0.3 is 19.5 Å². The molecule has 2 heterocycles. The van der Waals surface area contributed by atoms with Gasteiger partial charge in [-0.05, 0) is 41.5 Å². The second kappa shape index (κ2) is 10.1. The predicted molar refractivity (Wildman–Crippen MR) is 116 cm³/mol. The van der Waals surface area contributed by atoms with Gasteiger partial charge in [0.1, 0.15) is 19.0 Å². The zero-order valence-corrected chi connectivity index (χ0v) is 17.7. The summed E-state index contributed by atoms with van der Waals surface area (Å²) in [5, 5.41) is 3.39. The maximum absolute atomic E-state index is 13.4. The van der Waals surface area contributed by atoms with Crippen LogP contribution in [0.4, 0.5) is 4.39 Å². The number of benzene rings is 2. The Balaban J connectivity index is 1.41. The molecule has 164 valence electrons. The third kappa shape index (κ3) is 5.55. The van der Waals surface area contributed by atoms with Crippen molar-refractivity contribution < 1.29 is 23.4 Å². The van der Waals surface area contributed by atoms with Crippen LogP contribution in [0.5, 0.6) is 11.5 Å². The van der Waals surface area contributed by atoms with Gasteiger partial charge in [0.15, 0.2) is 11.5 Å². The van der Waals surface area contributed by atoms with E-state index in [-0.39, 0.29) is 17.8 Å². The standard InChI is InChI=1S/C23H24ClFN2O4/c24-19-13-16(14-21-23(19)31-12-11-30-21)1-6-22(28)26-15-20(27-7-9-29-10-8-27)17-2-4-18(25)5-3-17/h1-6,13-14,20H,7-12,15H2,(H,26,28). The molecule has 1 fully saturated rings. The summed E-state index contributed by atoms with van der Waals surface area (Å²) in [5.41, 5.74) is 1.69. The van der Waals surface area contributed by atoms with Crippen molar-refractivity contribution in [2.24, 2.45) is 0 Å². The third-order valence-electron chi connectivity index (χ3n) is 5.26. The molecule has 0 aromatic heterocycles. The molecule has 6 nitrogen and oxygen atoms in total. The van der Waals surface area contributed by atoms with E-state index in [9.17, 15) is 9.18 Å². The molecule has 1 N–H and O–H groups in total. The van der Waals surface area contributed by atoms with Crippen LogP contribution >= 0.6 is 11.6 Å². The molecule has 1 atom stereocenters. The second-order valence-electron chi connectivity index (χ2n) is 7.32. The van der Waals surface area contributed by atoms with Gasteiger partial charge in [-0.2, -0.15) is 0 Å². The monoisotopic (exact) mass is 446 g/mol. The number of hydrogen-bond donors (Lipinski definition) is 1. The van der Waals surface area contributed by atoms with E-state index in [4.69, 9.17) is 25.8 Å². The summed E-state index contributed by atoms with van der Waals surface area (Å²) >= 11 is 6.25. The molecule has 0 radical (unpaired) electrons. The number of hydrogen-bond acceptors (Lipinski definition) is 5. The number of nitrogens with zero attached hydrogens (tertiary/aromatic N) is 1. The van der Waals surface area contributed by atoms with E-state index in [2.05, 4.69) is 10.2 Å². The minimum absolute atomic E-state index is 0.0643. The zero-order valence-electron chi connectivity index (χ0n) is 17.0. The highest BCUT2D eigenvalue weighted by Crippen LogP contribution is 2.38. The highest BCUT2D eigenvalue weighted by atomic mass is 35.5. The Kier molecular flexibility index (Phi) is 7.06. The van der Waals surface area contributed by atoms with Crippen molar-refractivity contribution in [1.29, 1.82) is 0 Å². The van der Waals surface area contributed by atoms with Crippen molar-refractivity contribution in [3.8, 4) is 11.5 Å². The molecule has 0 saturated carbocycles. The van der Waals surface area contributed by atoms with Crippen molar-refractivity contribution in [2.75, 3.05) is 46.1 Å². The van der Waals surface area contributed by atoms with Crippen molar-refractivity contribution >= 4 is 23.6 Å². The molecule has 2 aromatic carbocycles. The Hall–Kier alpha value is -2.61. The lowest BCUT2D eigenvalue weighted by Crippen LogP contribution is -2.43. The van der Waals surface area contributed by atoms with E-state index in [1.807, 2.05) is 0 Å².